The van der Waals surface area contributed by atoms with Crippen LogP contribution >= 0.6 is 11.6 Å². The third-order valence-electron chi connectivity index (χ3n) is 2.87. The number of methoxy groups -OCH3 is 1. The van der Waals surface area contributed by atoms with Gasteiger partial charge in [0.1, 0.15) is 18.1 Å². The predicted molar refractivity (Wildman–Crippen MR) is 92.2 cm³/mol. The van der Waals surface area contributed by atoms with Gasteiger partial charge in [-0.2, -0.15) is 5.10 Å². The molecule has 6 nitrogen and oxygen atoms in total. The topological polar surface area (TPSA) is 95.2 Å². The molecule has 2 aromatic rings. The molecule has 0 amide bonds. The fourth-order valence-electron chi connectivity index (χ4n) is 1.87. The van der Waals surface area contributed by atoms with Crippen LogP contribution in [0.2, 0.25) is 5.02 Å². The van der Waals surface area contributed by atoms with Gasteiger partial charge in [-0.05, 0) is 42.0 Å². The highest BCUT2D eigenvalue weighted by atomic mass is 35.5. The summed E-state index contributed by atoms with van der Waals surface area (Å²) in [4.78, 5) is 0. The van der Waals surface area contributed by atoms with Crippen molar-refractivity contribution in [3.05, 3.63) is 58.6 Å². The number of benzene rings is 2. The molecule has 0 radical (unpaired) electrons. The van der Waals surface area contributed by atoms with Crippen LogP contribution in [0.5, 0.6) is 11.5 Å². The molecule has 0 heterocycles. The standard InChI is InChI=1S/C16H17ClN4O2/c1-22-15-6-5-11(9-20-21-16(18)19)7-12(15)10-23-14-4-2-3-13(17)8-14/h2-9H,10H2,1H3,(H4,18,19,21). The largest absolute Gasteiger partial charge is 0.496 e. The van der Waals surface area contributed by atoms with Gasteiger partial charge in [-0.15, -0.1) is 5.10 Å². The van der Waals surface area contributed by atoms with Crippen molar-refractivity contribution in [2.24, 2.45) is 21.7 Å². The Morgan fingerprint density at radius 3 is 2.74 bits per heavy atom. The number of halogens is 1. The van der Waals surface area contributed by atoms with E-state index in [1.807, 2.05) is 30.3 Å². The Morgan fingerprint density at radius 2 is 2.04 bits per heavy atom. The monoisotopic (exact) mass is 332 g/mol. The lowest BCUT2D eigenvalue weighted by atomic mass is 10.1. The van der Waals surface area contributed by atoms with Crippen LogP contribution < -0.4 is 20.9 Å². The summed E-state index contributed by atoms with van der Waals surface area (Å²) in [7, 11) is 1.60. The molecule has 0 unspecified atom stereocenters. The summed E-state index contributed by atoms with van der Waals surface area (Å²) >= 11 is 5.94. The first-order chi connectivity index (χ1) is 11.1. The summed E-state index contributed by atoms with van der Waals surface area (Å²) < 4.78 is 11.1. The summed E-state index contributed by atoms with van der Waals surface area (Å²) in [6.07, 6.45) is 1.54. The lowest BCUT2D eigenvalue weighted by Gasteiger charge is -2.11. The van der Waals surface area contributed by atoms with E-state index in [0.29, 0.717) is 23.1 Å². The maximum atomic E-state index is 5.94. The minimum atomic E-state index is -0.0979. The van der Waals surface area contributed by atoms with Gasteiger partial charge in [-0.3, -0.25) is 0 Å². The summed E-state index contributed by atoms with van der Waals surface area (Å²) in [5, 5.41) is 7.96. The Kier molecular flexibility index (Phi) is 5.82. The van der Waals surface area contributed by atoms with Crippen LogP contribution in [-0.2, 0) is 6.61 Å². The second kappa shape index (κ2) is 8.05. The number of ether oxygens (including phenoxy) is 2. The lowest BCUT2D eigenvalue weighted by Crippen LogP contribution is -2.21. The molecule has 2 aromatic carbocycles. The van der Waals surface area contributed by atoms with Gasteiger partial charge in [0.25, 0.3) is 0 Å². The van der Waals surface area contributed by atoms with Crippen molar-refractivity contribution in [3.63, 3.8) is 0 Å². The number of hydrogen-bond donors (Lipinski definition) is 2. The van der Waals surface area contributed by atoms with E-state index in [2.05, 4.69) is 10.2 Å². The zero-order chi connectivity index (χ0) is 16.7. The molecule has 0 aliphatic carbocycles. The molecule has 4 N–H and O–H groups in total. The predicted octanol–water partition coefficient (Wildman–Crippen LogP) is 2.53. The SMILES string of the molecule is COc1ccc(C=NN=C(N)N)cc1COc1cccc(Cl)c1. The molecule has 0 saturated carbocycles. The molecule has 0 aliphatic heterocycles. The van der Waals surface area contributed by atoms with E-state index in [9.17, 15) is 0 Å². The summed E-state index contributed by atoms with van der Waals surface area (Å²) in [6, 6.07) is 12.7. The van der Waals surface area contributed by atoms with Crippen molar-refractivity contribution < 1.29 is 9.47 Å². The Labute approximate surface area is 139 Å². The number of hydrogen-bond acceptors (Lipinski definition) is 4. The molecule has 0 atom stereocenters. The van der Waals surface area contributed by atoms with Gasteiger partial charge in [0, 0.05) is 10.6 Å². The van der Waals surface area contributed by atoms with Crippen molar-refractivity contribution in [2.45, 2.75) is 6.61 Å². The summed E-state index contributed by atoms with van der Waals surface area (Å²) in [5.74, 6) is 1.30. The van der Waals surface area contributed by atoms with Crippen LogP contribution in [-0.4, -0.2) is 19.3 Å². The minimum absolute atomic E-state index is 0.0979. The molecule has 7 heteroatoms. The van der Waals surface area contributed by atoms with Gasteiger partial charge in [0.05, 0.1) is 13.3 Å². The fourth-order valence-corrected chi connectivity index (χ4v) is 2.05. The molecular formula is C16H17ClN4O2. The Morgan fingerprint density at radius 1 is 1.22 bits per heavy atom. The van der Waals surface area contributed by atoms with Crippen molar-refractivity contribution in [1.29, 1.82) is 0 Å². The van der Waals surface area contributed by atoms with Crippen LogP contribution in [0.4, 0.5) is 0 Å². The molecule has 120 valence electrons. The van der Waals surface area contributed by atoms with Gasteiger partial charge in [-0.1, -0.05) is 17.7 Å². The van der Waals surface area contributed by atoms with Crippen LogP contribution in [0, 0.1) is 0 Å². The van der Waals surface area contributed by atoms with Gasteiger partial charge >= 0.3 is 0 Å². The lowest BCUT2D eigenvalue weighted by molar-refractivity contribution is 0.296. The van der Waals surface area contributed by atoms with Crippen molar-refractivity contribution in [1.82, 2.24) is 0 Å². The van der Waals surface area contributed by atoms with Crippen molar-refractivity contribution in [3.8, 4) is 11.5 Å². The van der Waals surface area contributed by atoms with E-state index in [0.717, 1.165) is 11.1 Å². The molecule has 0 fully saturated rings. The quantitative estimate of drug-likeness (QED) is 0.482. The van der Waals surface area contributed by atoms with Gasteiger partial charge in [0.15, 0.2) is 0 Å². The number of nitrogens with zero attached hydrogens (tertiary/aromatic N) is 2. The summed E-state index contributed by atoms with van der Waals surface area (Å²) in [5.41, 5.74) is 12.1. The zero-order valence-electron chi connectivity index (χ0n) is 12.6. The molecule has 0 aromatic heterocycles. The number of rotatable bonds is 6. The molecular weight excluding hydrogens is 316 g/mol. The third-order valence-corrected chi connectivity index (χ3v) is 3.11. The van der Waals surface area contributed by atoms with Crippen LogP contribution in [0.25, 0.3) is 0 Å². The molecule has 23 heavy (non-hydrogen) atoms. The maximum Gasteiger partial charge on any atom is 0.211 e. The first-order valence-electron chi connectivity index (χ1n) is 6.75. The first-order valence-corrected chi connectivity index (χ1v) is 7.13. The van der Waals surface area contributed by atoms with Crippen LogP contribution in [0.15, 0.2) is 52.7 Å². The van der Waals surface area contributed by atoms with E-state index in [4.69, 9.17) is 32.5 Å². The second-order valence-electron chi connectivity index (χ2n) is 4.59. The van der Waals surface area contributed by atoms with Gasteiger partial charge < -0.3 is 20.9 Å². The number of nitrogens with two attached hydrogens (primary N) is 2. The average Bonchev–Trinajstić information content (AvgIpc) is 2.53. The average molecular weight is 333 g/mol. The Hall–Kier alpha value is -2.73. The Bertz CT molecular complexity index is 728. The van der Waals surface area contributed by atoms with E-state index in [1.54, 1.807) is 25.5 Å². The van der Waals surface area contributed by atoms with Crippen LogP contribution in [0.3, 0.4) is 0 Å². The maximum absolute atomic E-state index is 5.94. The van der Waals surface area contributed by atoms with Crippen LogP contribution in [0.1, 0.15) is 11.1 Å². The smallest absolute Gasteiger partial charge is 0.211 e. The van der Waals surface area contributed by atoms with E-state index >= 15 is 0 Å². The molecule has 0 bridgehead atoms. The summed E-state index contributed by atoms with van der Waals surface area (Å²) in [6.45, 7) is 0.327. The highest BCUT2D eigenvalue weighted by Gasteiger charge is 2.05. The fraction of sp³-hybridized carbons (Fsp3) is 0.125. The Balaban J connectivity index is 2.15. The highest BCUT2D eigenvalue weighted by Crippen LogP contribution is 2.23. The molecule has 2 rings (SSSR count). The molecule has 0 aliphatic rings. The van der Waals surface area contributed by atoms with Gasteiger partial charge in [-0.25, -0.2) is 0 Å². The number of guanidine groups is 1. The highest BCUT2D eigenvalue weighted by molar-refractivity contribution is 6.30. The van der Waals surface area contributed by atoms with Gasteiger partial charge in [0.2, 0.25) is 5.96 Å². The third kappa shape index (κ3) is 5.19. The van der Waals surface area contributed by atoms with Crippen molar-refractivity contribution in [2.75, 3.05) is 7.11 Å². The molecule has 0 spiro atoms. The van der Waals surface area contributed by atoms with E-state index in [1.165, 1.54) is 0 Å². The van der Waals surface area contributed by atoms with E-state index < -0.39 is 0 Å². The van der Waals surface area contributed by atoms with Crippen molar-refractivity contribution >= 4 is 23.8 Å². The minimum Gasteiger partial charge on any atom is -0.496 e. The zero-order valence-corrected chi connectivity index (χ0v) is 13.3. The van der Waals surface area contributed by atoms with E-state index in [-0.39, 0.29) is 5.96 Å². The second-order valence-corrected chi connectivity index (χ2v) is 5.02. The first kappa shape index (κ1) is 16.6. The molecule has 0 saturated heterocycles. The normalized spacial score (nSPS) is 10.5.